The molecule has 0 heterocycles. The fourth-order valence-electron chi connectivity index (χ4n) is 0.444. The van der Waals surface area contributed by atoms with E-state index in [9.17, 15) is 4.79 Å². The SMILES string of the molecule is CC[C@H](C)OC(=O)[C@@H](N)CO. The standard InChI is InChI=1S/C7H15NO3/c1-3-5(2)11-7(10)6(8)4-9/h5-6,9H,3-4,8H2,1-2H3/t5-,6-/m0/s1. The van der Waals surface area contributed by atoms with Gasteiger partial charge in [-0.15, -0.1) is 0 Å². The third kappa shape index (κ3) is 3.95. The second kappa shape index (κ2) is 5.09. The van der Waals surface area contributed by atoms with Crippen LogP contribution in [0.5, 0.6) is 0 Å². The first-order valence-electron chi connectivity index (χ1n) is 3.68. The molecule has 0 aromatic heterocycles. The minimum Gasteiger partial charge on any atom is -0.461 e. The maximum atomic E-state index is 10.8. The van der Waals surface area contributed by atoms with Crippen molar-refractivity contribution < 1.29 is 14.6 Å². The molecule has 0 bridgehead atoms. The lowest BCUT2D eigenvalue weighted by molar-refractivity contribution is -0.150. The molecule has 4 heteroatoms. The number of carbonyl (C=O) groups excluding carboxylic acids is 1. The summed E-state index contributed by atoms with van der Waals surface area (Å²) < 4.78 is 4.83. The Morgan fingerprint density at radius 3 is 2.64 bits per heavy atom. The number of aliphatic hydroxyl groups excluding tert-OH is 1. The van der Waals surface area contributed by atoms with E-state index in [2.05, 4.69) is 0 Å². The molecular weight excluding hydrogens is 146 g/mol. The topological polar surface area (TPSA) is 72.5 Å². The molecule has 2 atom stereocenters. The van der Waals surface area contributed by atoms with E-state index in [4.69, 9.17) is 15.6 Å². The first kappa shape index (κ1) is 10.4. The van der Waals surface area contributed by atoms with Gasteiger partial charge in [-0.1, -0.05) is 6.92 Å². The van der Waals surface area contributed by atoms with Gasteiger partial charge in [0.2, 0.25) is 0 Å². The van der Waals surface area contributed by atoms with Crippen LogP contribution in [-0.4, -0.2) is 29.8 Å². The summed E-state index contributed by atoms with van der Waals surface area (Å²) in [4.78, 5) is 10.8. The van der Waals surface area contributed by atoms with E-state index >= 15 is 0 Å². The lowest BCUT2D eigenvalue weighted by Crippen LogP contribution is -2.37. The Morgan fingerprint density at radius 2 is 2.27 bits per heavy atom. The molecule has 0 saturated carbocycles. The minimum absolute atomic E-state index is 0.125. The molecule has 0 aromatic carbocycles. The molecule has 66 valence electrons. The smallest absolute Gasteiger partial charge is 0.325 e. The van der Waals surface area contributed by atoms with Gasteiger partial charge in [-0.3, -0.25) is 4.79 Å². The van der Waals surface area contributed by atoms with Crippen LogP contribution < -0.4 is 5.73 Å². The van der Waals surface area contributed by atoms with E-state index < -0.39 is 12.0 Å². The largest absolute Gasteiger partial charge is 0.461 e. The molecule has 4 nitrogen and oxygen atoms in total. The highest BCUT2D eigenvalue weighted by atomic mass is 16.5. The Labute approximate surface area is 66.3 Å². The van der Waals surface area contributed by atoms with Gasteiger partial charge in [0.15, 0.2) is 0 Å². The second-order valence-corrected chi connectivity index (χ2v) is 2.44. The lowest BCUT2D eigenvalue weighted by Gasteiger charge is -2.13. The second-order valence-electron chi connectivity index (χ2n) is 2.44. The fraction of sp³-hybridized carbons (Fsp3) is 0.857. The van der Waals surface area contributed by atoms with Gasteiger partial charge in [-0.05, 0) is 13.3 Å². The van der Waals surface area contributed by atoms with E-state index in [0.29, 0.717) is 0 Å². The summed E-state index contributed by atoms with van der Waals surface area (Å²) >= 11 is 0. The molecule has 0 unspecified atom stereocenters. The molecule has 0 fully saturated rings. The van der Waals surface area contributed by atoms with Gasteiger partial charge in [0, 0.05) is 0 Å². The number of nitrogens with two attached hydrogens (primary N) is 1. The molecule has 0 saturated heterocycles. The average molecular weight is 161 g/mol. The number of rotatable bonds is 4. The molecule has 3 N–H and O–H groups in total. The summed E-state index contributed by atoms with van der Waals surface area (Å²) in [6.45, 7) is 3.32. The Morgan fingerprint density at radius 1 is 1.73 bits per heavy atom. The fourth-order valence-corrected chi connectivity index (χ4v) is 0.444. The van der Waals surface area contributed by atoms with Crippen molar-refractivity contribution in [1.82, 2.24) is 0 Å². The minimum atomic E-state index is -0.899. The van der Waals surface area contributed by atoms with Crippen LogP contribution in [0.3, 0.4) is 0 Å². The van der Waals surface area contributed by atoms with Crippen LogP contribution in [-0.2, 0) is 9.53 Å². The lowest BCUT2D eigenvalue weighted by atomic mass is 10.3. The van der Waals surface area contributed by atoms with Gasteiger partial charge in [0.1, 0.15) is 6.04 Å². The maximum absolute atomic E-state index is 10.8. The van der Waals surface area contributed by atoms with E-state index in [1.54, 1.807) is 6.92 Å². The number of carbonyl (C=O) groups is 1. The van der Waals surface area contributed by atoms with E-state index in [1.165, 1.54) is 0 Å². The van der Waals surface area contributed by atoms with Gasteiger partial charge in [0.05, 0.1) is 12.7 Å². The van der Waals surface area contributed by atoms with Crippen LogP contribution in [0.15, 0.2) is 0 Å². The zero-order chi connectivity index (χ0) is 8.85. The van der Waals surface area contributed by atoms with Gasteiger partial charge < -0.3 is 15.6 Å². The van der Waals surface area contributed by atoms with Crippen LogP contribution in [0.1, 0.15) is 20.3 Å². The Balaban J connectivity index is 3.68. The Bertz CT molecular complexity index is 127. The molecule has 11 heavy (non-hydrogen) atoms. The quantitative estimate of drug-likeness (QED) is 0.553. The maximum Gasteiger partial charge on any atom is 0.325 e. The Kier molecular flexibility index (Phi) is 4.81. The van der Waals surface area contributed by atoms with E-state index in [0.717, 1.165) is 6.42 Å². The van der Waals surface area contributed by atoms with Crippen LogP contribution in [0, 0.1) is 0 Å². The van der Waals surface area contributed by atoms with Gasteiger partial charge in [-0.25, -0.2) is 0 Å². The molecule has 0 amide bonds. The van der Waals surface area contributed by atoms with Gasteiger partial charge in [-0.2, -0.15) is 0 Å². The van der Waals surface area contributed by atoms with E-state index in [-0.39, 0.29) is 12.7 Å². The summed E-state index contributed by atoms with van der Waals surface area (Å²) in [5.41, 5.74) is 5.19. The molecule has 0 spiro atoms. The molecular formula is C7H15NO3. The normalized spacial score (nSPS) is 15.6. The van der Waals surface area contributed by atoms with Crippen molar-refractivity contribution in [2.24, 2.45) is 5.73 Å². The highest BCUT2D eigenvalue weighted by Gasteiger charge is 2.15. The molecule has 0 aliphatic carbocycles. The number of esters is 1. The van der Waals surface area contributed by atoms with Crippen molar-refractivity contribution in [3.05, 3.63) is 0 Å². The monoisotopic (exact) mass is 161 g/mol. The summed E-state index contributed by atoms with van der Waals surface area (Å²) in [6, 6.07) is -0.899. The molecule has 0 aliphatic rings. The molecule has 0 aromatic rings. The number of hydrogen-bond donors (Lipinski definition) is 2. The van der Waals surface area contributed by atoms with Crippen LogP contribution >= 0.6 is 0 Å². The first-order chi connectivity index (χ1) is 5.11. The van der Waals surface area contributed by atoms with Crippen molar-refractivity contribution in [2.45, 2.75) is 32.4 Å². The van der Waals surface area contributed by atoms with Crippen molar-refractivity contribution in [3.8, 4) is 0 Å². The summed E-state index contributed by atoms with van der Waals surface area (Å²) in [5, 5.41) is 8.46. The predicted octanol–water partition coefficient (Wildman–Crippen LogP) is -0.352. The zero-order valence-electron chi connectivity index (χ0n) is 6.91. The van der Waals surface area contributed by atoms with Gasteiger partial charge in [0.25, 0.3) is 0 Å². The highest BCUT2D eigenvalue weighted by molar-refractivity contribution is 5.75. The van der Waals surface area contributed by atoms with Crippen molar-refractivity contribution in [3.63, 3.8) is 0 Å². The van der Waals surface area contributed by atoms with E-state index in [1.807, 2.05) is 6.92 Å². The summed E-state index contributed by atoms with van der Waals surface area (Å²) in [6.07, 6.45) is 0.629. The average Bonchev–Trinajstić information content (AvgIpc) is 2.02. The molecule has 0 radical (unpaired) electrons. The summed E-state index contributed by atoms with van der Waals surface area (Å²) in [5.74, 6) is -0.540. The molecule has 0 rings (SSSR count). The Hall–Kier alpha value is -0.610. The third-order valence-electron chi connectivity index (χ3n) is 1.39. The van der Waals surface area contributed by atoms with Crippen molar-refractivity contribution >= 4 is 5.97 Å². The van der Waals surface area contributed by atoms with Gasteiger partial charge >= 0.3 is 5.97 Å². The summed E-state index contributed by atoms with van der Waals surface area (Å²) in [7, 11) is 0. The number of hydrogen-bond acceptors (Lipinski definition) is 4. The molecule has 0 aliphatic heterocycles. The van der Waals surface area contributed by atoms with Crippen LogP contribution in [0.2, 0.25) is 0 Å². The number of aliphatic hydroxyl groups is 1. The first-order valence-corrected chi connectivity index (χ1v) is 3.68. The highest BCUT2D eigenvalue weighted by Crippen LogP contribution is 1.97. The van der Waals surface area contributed by atoms with Crippen LogP contribution in [0.25, 0.3) is 0 Å². The predicted molar refractivity (Wildman–Crippen MR) is 40.9 cm³/mol. The van der Waals surface area contributed by atoms with Crippen molar-refractivity contribution in [2.75, 3.05) is 6.61 Å². The van der Waals surface area contributed by atoms with Crippen LogP contribution in [0.4, 0.5) is 0 Å². The third-order valence-corrected chi connectivity index (χ3v) is 1.39. The number of ether oxygens (including phenoxy) is 1. The zero-order valence-corrected chi connectivity index (χ0v) is 6.91. The van der Waals surface area contributed by atoms with Crippen molar-refractivity contribution in [1.29, 1.82) is 0 Å².